The molecule has 0 radical (unpaired) electrons. The van der Waals surface area contributed by atoms with Crippen LogP contribution >= 0.6 is 0 Å². The number of ether oxygens (including phenoxy) is 3. The maximum absolute atomic E-state index is 12.0. The molecule has 1 heterocycles. The molecule has 2 rings (SSSR count). The average Bonchev–Trinajstić information content (AvgIpc) is 2.99. The quantitative estimate of drug-likeness (QED) is 0.291. The smallest absolute Gasteiger partial charge is 0.354 e. The molecule has 0 saturated carbocycles. The molecule has 0 aliphatic heterocycles. The van der Waals surface area contributed by atoms with Crippen LogP contribution in [0.2, 0.25) is 25.7 Å². The van der Waals surface area contributed by atoms with Gasteiger partial charge in [-0.25, -0.2) is 9.48 Å². The van der Waals surface area contributed by atoms with E-state index in [-0.39, 0.29) is 18.3 Å². The van der Waals surface area contributed by atoms with E-state index in [0.29, 0.717) is 18.1 Å². The lowest BCUT2D eigenvalue weighted by Gasteiger charge is -2.15. The van der Waals surface area contributed by atoms with Gasteiger partial charge in [0, 0.05) is 27.0 Å². The first kappa shape index (κ1) is 22.6. The number of benzene rings is 1. The molecule has 0 unspecified atom stereocenters. The summed E-state index contributed by atoms with van der Waals surface area (Å²) >= 11 is 0. The van der Waals surface area contributed by atoms with Gasteiger partial charge in [-0.15, -0.1) is 0 Å². The van der Waals surface area contributed by atoms with Crippen LogP contribution in [0.1, 0.15) is 12.6 Å². The standard InChI is InChI=1S/C20H29N3O5Si/c1-14(24)21-18(20(25)27-3)12-17-16-11-15(26-2)7-8-19(16)23(22-17)13-28-9-10-29(4,5)6/h7-8,11-12H,9-10,13H2,1-6H3,(H,21,24)/b18-12-. The zero-order chi connectivity index (χ0) is 21.6. The minimum atomic E-state index is -1.18. The summed E-state index contributed by atoms with van der Waals surface area (Å²) in [6.07, 6.45) is 1.49. The van der Waals surface area contributed by atoms with Gasteiger partial charge in [-0.1, -0.05) is 19.6 Å². The van der Waals surface area contributed by atoms with Crippen LogP contribution in [0.5, 0.6) is 5.75 Å². The number of hydrogen-bond acceptors (Lipinski definition) is 6. The highest BCUT2D eigenvalue weighted by Gasteiger charge is 2.17. The molecule has 158 valence electrons. The molecule has 9 heteroatoms. The number of hydrogen-bond donors (Lipinski definition) is 1. The van der Waals surface area contributed by atoms with Crippen LogP contribution in [0.25, 0.3) is 17.0 Å². The van der Waals surface area contributed by atoms with Crippen molar-refractivity contribution in [2.24, 2.45) is 0 Å². The summed E-state index contributed by atoms with van der Waals surface area (Å²) in [6, 6.07) is 6.61. The summed E-state index contributed by atoms with van der Waals surface area (Å²) in [5.74, 6) is -0.375. The van der Waals surface area contributed by atoms with Crippen LogP contribution in [0.4, 0.5) is 0 Å². The van der Waals surface area contributed by atoms with Gasteiger partial charge in [0.05, 0.1) is 25.4 Å². The Labute approximate surface area is 171 Å². The summed E-state index contributed by atoms with van der Waals surface area (Å²) in [6.45, 7) is 9.16. The predicted octanol–water partition coefficient (Wildman–Crippen LogP) is 3.01. The number of carbonyl (C=O) groups excluding carboxylic acids is 2. The van der Waals surface area contributed by atoms with Crippen LogP contribution < -0.4 is 10.1 Å². The van der Waals surface area contributed by atoms with Crippen LogP contribution in [-0.2, 0) is 25.8 Å². The van der Waals surface area contributed by atoms with Gasteiger partial charge in [0.1, 0.15) is 18.2 Å². The maximum atomic E-state index is 12.0. The third-order valence-electron chi connectivity index (χ3n) is 4.19. The highest BCUT2D eigenvalue weighted by Crippen LogP contribution is 2.26. The molecular weight excluding hydrogens is 390 g/mol. The molecule has 1 aromatic carbocycles. The molecule has 0 atom stereocenters. The number of aromatic nitrogens is 2. The van der Waals surface area contributed by atoms with Crippen molar-refractivity contribution in [1.29, 1.82) is 0 Å². The van der Waals surface area contributed by atoms with E-state index < -0.39 is 14.0 Å². The van der Waals surface area contributed by atoms with Crippen molar-refractivity contribution in [2.45, 2.75) is 39.3 Å². The normalized spacial score (nSPS) is 12.1. The molecule has 8 nitrogen and oxygen atoms in total. The Morgan fingerprint density at radius 1 is 1.24 bits per heavy atom. The summed E-state index contributed by atoms with van der Waals surface area (Å²) in [5, 5.41) is 7.83. The number of nitrogens with zero attached hydrogens (tertiary/aromatic N) is 2. The number of amides is 1. The number of carbonyl (C=O) groups is 2. The molecule has 0 spiro atoms. The average molecular weight is 420 g/mol. The fraction of sp³-hybridized carbons (Fsp3) is 0.450. The molecular formula is C20H29N3O5Si. The van der Waals surface area contributed by atoms with E-state index in [1.54, 1.807) is 11.8 Å². The fourth-order valence-corrected chi connectivity index (χ4v) is 3.38. The SMILES string of the molecule is COC(=O)/C(=C/c1nn(COCC[Si](C)(C)C)c2ccc(OC)cc12)NC(C)=O. The minimum absolute atomic E-state index is 0.00835. The molecule has 0 aliphatic carbocycles. The van der Waals surface area contributed by atoms with Crippen molar-refractivity contribution in [3.63, 3.8) is 0 Å². The minimum Gasteiger partial charge on any atom is -0.497 e. The van der Waals surface area contributed by atoms with E-state index >= 15 is 0 Å². The summed E-state index contributed by atoms with van der Waals surface area (Å²) in [7, 11) is 1.65. The van der Waals surface area contributed by atoms with Gasteiger partial charge in [0.2, 0.25) is 5.91 Å². The lowest BCUT2D eigenvalue weighted by Crippen LogP contribution is -2.25. The lowest BCUT2D eigenvalue weighted by molar-refractivity contribution is -0.137. The van der Waals surface area contributed by atoms with Gasteiger partial charge in [-0.3, -0.25) is 4.79 Å². The van der Waals surface area contributed by atoms with E-state index in [2.05, 4.69) is 30.1 Å². The molecule has 1 N–H and O–H groups in total. The van der Waals surface area contributed by atoms with E-state index in [4.69, 9.17) is 14.2 Å². The topological polar surface area (TPSA) is 91.7 Å². The lowest BCUT2D eigenvalue weighted by atomic mass is 10.1. The molecule has 0 fully saturated rings. The van der Waals surface area contributed by atoms with Gasteiger partial charge in [0.25, 0.3) is 0 Å². The first-order chi connectivity index (χ1) is 13.6. The van der Waals surface area contributed by atoms with Crippen molar-refractivity contribution in [3.05, 3.63) is 29.6 Å². The summed E-state index contributed by atoms with van der Waals surface area (Å²) in [5.41, 5.74) is 1.34. The fourth-order valence-electron chi connectivity index (χ4n) is 2.63. The van der Waals surface area contributed by atoms with Crippen LogP contribution in [0.15, 0.2) is 23.9 Å². The number of esters is 1. The van der Waals surface area contributed by atoms with E-state index in [0.717, 1.165) is 16.9 Å². The molecule has 0 saturated heterocycles. The van der Waals surface area contributed by atoms with Gasteiger partial charge in [0.15, 0.2) is 0 Å². The van der Waals surface area contributed by atoms with Gasteiger partial charge in [-0.2, -0.15) is 5.10 Å². The molecule has 1 aromatic heterocycles. The number of rotatable bonds is 9. The van der Waals surface area contributed by atoms with Crippen molar-refractivity contribution in [1.82, 2.24) is 15.1 Å². The Morgan fingerprint density at radius 3 is 2.55 bits per heavy atom. The van der Waals surface area contributed by atoms with Gasteiger partial charge >= 0.3 is 5.97 Å². The predicted molar refractivity (Wildman–Crippen MR) is 114 cm³/mol. The molecule has 2 aromatic rings. The molecule has 0 bridgehead atoms. The highest BCUT2D eigenvalue weighted by molar-refractivity contribution is 6.76. The Bertz CT molecular complexity index is 915. The summed E-state index contributed by atoms with van der Waals surface area (Å²) in [4.78, 5) is 23.5. The first-order valence-electron chi connectivity index (χ1n) is 9.34. The van der Waals surface area contributed by atoms with Gasteiger partial charge < -0.3 is 19.5 Å². The Hall–Kier alpha value is -2.65. The van der Waals surface area contributed by atoms with E-state index in [1.807, 2.05) is 18.2 Å². The van der Waals surface area contributed by atoms with Crippen LogP contribution in [-0.4, -0.2) is 50.6 Å². The number of fused-ring (bicyclic) bond motifs is 1. The second kappa shape index (κ2) is 9.70. The Balaban J connectivity index is 2.41. The van der Waals surface area contributed by atoms with Crippen molar-refractivity contribution >= 4 is 36.9 Å². The number of nitrogens with one attached hydrogen (secondary N) is 1. The Morgan fingerprint density at radius 2 is 1.97 bits per heavy atom. The molecule has 29 heavy (non-hydrogen) atoms. The zero-order valence-corrected chi connectivity index (χ0v) is 18.9. The van der Waals surface area contributed by atoms with E-state index in [9.17, 15) is 9.59 Å². The van der Waals surface area contributed by atoms with E-state index in [1.165, 1.54) is 20.1 Å². The molecule has 1 amide bonds. The van der Waals surface area contributed by atoms with Crippen molar-refractivity contribution in [3.8, 4) is 5.75 Å². The maximum Gasteiger partial charge on any atom is 0.354 e. The third-order valence-corrected chi connectivity index (χ3v) is 5.90. The molecule has 0 aliphatic rings. The van der Waals surface area contributed by atoms with Crippen LogP contribution in [0, 0.1) is 0 Å². The third kappa shape index (κ3) is 6.43. The zero-order valence-electron chi connectivity index (χ0n) is 17.9. The van der Waals surface area contributed by atoms with Crippen molar-refractivity contribution < 1.29 is 23.8 Å². The monoisotopic (exact) mass is 419 g/mol. The second-order valence-electron chi connectivity index (χ2n) is 7.85. The largest absolute Gasteiger partial charge is 0.497 e. The van der Waals surface area contributed by atoms with Crippen molar-refractivity contribution in [2.75, 3.05) is 20.8 Å². The highest BCUT2D eigenvalue weighted by atomic mass is 28.3. The van der Waals surface area contributed by atoms with Crippen LogP contribution in [0.3, 0.4) is 0 Å². The second-order valence-corrected chi connectivity index (χ2v) is 13.5. The first-order valence-corrected chi connectivity index (χ1v) is 13.0. The Kier molecular flexibility index (Phi) is 7.57. The number of methoxy groups -OCH3 is 2. The summed E-state index contributed by atoms with van der Waals surface area (Å²) < 4.78 is 17.6. The van der Waals surface area contributed by atoms with Gasteiger partial charge in [-0.05, 0) is 30.3 Å².